The Morgan fingerprint density at radius 3 is 1.74 bits per heavy atom. The molecule has 0 N–H and O–H groups in total. The van der Waals surface area contributed by atoms with Gasteiger partial charge >= 0.3 is 0 Å². The van der Waals surface area contributed by atoms with Gasteiger partial charge in [0.25, 0.3) is 0 Å². The van der Waals surface area contributed by atoms with Crippen molar-refractivity contribution in [1.29, 1.82) is 0 Å². The summed E-state index contributed by atoms with van der Waals surface area (Å²) < 4.78 is 2.71. The third-order valence-electron chi connectivity index (χ3n) is 12.7. The highest BCUT2D eigenvalue weighted by molar-refractivity contribution is 7.26. The molecule has 1 spiro atoms. The monoisotopic (exact) mass is 705 g/mol. The van der Waals surface area contributed by atoms with E-state index < -0.39 is 5.41 Å². The lowest BCUT2D eigenvalue weighted by atomic mass is 9.69. The largest absolute Gasteiger partial charge is 0.310 e. The van der Waals surface area contributed by atoms with Crippen LogP contribution in [0.1, 0.15) is 47.2 Å². The molecule has 0 radical (unpaired) electrons. The molecule has 0 saturated carbocycles. The molecule has 0 aliphatic heterocycles. The summed E-state index contributed by atoms with van der Waals surface area (Å²) in [6, 6.07) is 66.2. The van der Waals surface area contributed by atoms with Crippen LogP contribution >= 0.6 is 11.3 Å². The SMILES string of the molecule is CC1(C)c2ccccc2-c2ccc(N(c3ccccc3)c3cccc4c3C3(c5ccccc5-4)c4ccccc4-c4ccc5c(sc6ccccc65)c43)cc21. The second-order valence-corrected chi connectivity index (χ2v) is 16.6. The molecule has 1 unspecified atom stereocenters. The van der Waals surface area contributed by atoms with Crippen molar-refractivity contribution in [2.45, 2.75) is 24.7 Å². The van der Waals surface area contributed by atoms with Gasteiger partial charge in [0.1, 0.15) is 0 Å². The van der Waals surface area contributed by atoms with Crippen LogP contribution < -0.4 is 4.90 Å². The number of rotatable bonds is 3. The van der Waals surface area contributed by atoms with E-state index in [0.717, 1.165) is 5.69 Å². The molecule has 1 aromatic heterocycles. The quantitative estimate of drug-likeness (QED) is 0.177. The van der Waals surface area contributed by atoms with Crippen LogP contribution in [0.3, 0.4) is 0 Å². The van der Waals surface area contributed by atoms with Gasteiger partial charge in [-0.25, -0.2) is 0 Å². The fraction of sp³-hybridized carbons (Fsp3) is 0.0769. The number of nitrogens with zero attached hydrogens (tertiary/aromatic N) is 1. The van der Waals surface area contributed by atoms with Crippen LogP contribution in [0.5, 0.6) is 0 Å². The van der Waals surface area contributed by atoms with Crippen LogP contribution in [-0.2, 0) is 10.8 Å². The van der Waals surface area contributed by atoms with Gasteiger partial charge in [0.15, 0.2) is 0 Å². The van der Waals surface area contributed by atoms with E-state index in [1.54, 1.807) is 0 Å². The molecular weight excluding hydrogens is 671 g/mol. The first-order chi connectivity index (χ1) is 26.6. The summed E-state index contributed by atoms with van der Waals surface area (Å²) in [5.74, 6) is 0. The van der Waals surface area contributed by atoms with Gasteiger partial charge in [-0.05, 0) is 97.6 Å². The predicted octanol–water partition coefficient (Wildman–Crippen LogP) is 14.2. The van der Waals surface area contributed by atoms with Gasteiger partial charge in [-0.15, -0.1) is 11.3 Å². The van der Waals surface area contributed by atoms with Gasteiger partial charge in [0.05, 0.1) is 11.1 Å². The lowest BCUT2D eigenvalue weighted by molar-refractivity contribution is 0.660. The van der Waals surface area contributed by atoms with Crippen molar-refractivity contribution in [3.63, 3.8) is 0 Å². The summed E-state index contributed by atoms with van der Waals surface area (Å²) in [4.78, 5) is 2.54. The van der Waals surface area contributed by atoms with E-state index in [-0.39, 0.29) is 5.41 Å². The van der Waals surface area contributed by atoms with E-state index in [4.69, 9.17) is 0 Å². The van der Waals surface area contributed by atoms with Crippen LogP contribution in [0.4, 0.5) is 17.1 Å². The molecule has 1 nitrogen and oxygen atoms in total. The smallest absolute Gasteiger partial charge is 0.0760 e. The summed E-state index contributed by atoms with van der Waals surface area (Å²) in [7, 11) is 0. The van der Waals surface area contributed by atoms with Gasteiger partial charge in [0, 0.05) is 42.5 Å². The first kappa shape index (κ1) is 30.3. The Kier molecular flexibility index (Phi) is 5.99. The fourth-order valence-electron chi connectivity index (χ4n) is 10.5. The number of thiophene rings is 1. The molecular formula is C52H35NS. The van der Waals surface area contributed by atoms with Crippen molar-refractivity contribution in [1.82, 2.24) is 0 Å². The van der Waals surface area contributed by atoms with Crippen molar-refractivity contribution in [2.24, 2.45) is 0 Å². The molecule has 0 saturated heterocycles. The first-order valence-corrected chi connectivity index (χ1v) is 19.8. The van der Waals surface area contributed by atoms with E-state index in [0.29, 0.717) is 0 Å². The molecule has 3 aliphatic rings. The summed E-state index contributed by atoms with van der Waals surface area (Å²) in [6.07, 6.45) is 0. The maximum Gasteiger partial charge on any atom is 0.0760 e. The standard InChI is InChI=1S/C52H35NS/c1-51(2)42-22-10-6-17-34(42)37-28-27-33(31-45(37)51)53(32-15-4-3-5-16-32)46-25-14-21-39-35-18-7-11-23-43(35)52(48(39)46)44-24-12-8-19-36(44)40-29-30-41-38-20-9-13-26-47(38)54-50(41)49(40)52/h3-31H,1-2H3. The van der Waals surface area contributed by atoms with Gasteiger partial charge in [-0.1, -0.05) is 153 Å². The second-order valence-electron chi connectivity index (χ2n) is 15.6. The van der Waals surface area contributed by atoms with Crippen molar-refractivity contribution in [2.75, 3.05) is 4.90 Å². The van der Waals surface area contributed by atoms with Crippen LogP contribution in [0, 0.1) is 0 Å². The molecule has 0 amide bonds. The Hall–Kier alpha value is -6.22. The summed E-state index contributed by atoms with van der Waals surface area (Å²) in [5, 5.41) is 2.67. The molecule has 12 rings (SSSR count). The van der Waals surface area contributed by atoms with E-state index in [9.17, 15) is 0 Å². The van der Waals surface area contributed by atoms with Crippen molar-refractivity contribution >= 4 is 48.6 Å². The van der Waals surface area contributed by atoms with Crippen molar-refractivity contribution in [3.05, 3.63) is 209 Å². The number of hydrogen-bond donors (Lipinski definition) is 0. The molecule has 9 aromatic rings. The van der Waals surface area contributed by atoms with E-state index >= 15 is 0 Å². The van der Waals surface area contributed by atoms with Gasteiger partial charge in [-0.2, -0.15) is 0 Å². The van der Waals surface area contributed by atoms with Crippen molar-refractivity contribution in [3.8, 4) is 33.4 Å². The molecule has 1 heterocycles. The maximum atomic E-state index is 2.54. The van der Waals surface area contributed by atoms with Gasteiger partial charge in [0.2, 0.25) is 0 Å². The minimum Gasteiger partial charge on any atom is -0.310 e. The molecule has 254 valence electrons. The lowest BCUT2D eigenvalue weighted by Crippen LogP contribution is -2.28. The number of anilines is 3. The number of fused-ring (bicyclic) bond motifs is 17. The molecule has 2 heteroatoms. The number of para-hydroxylation sites is 1. The van der Waals surface area contributed by atoms with Crippen LogP contribution in [0.2, 0.25) is 0 Å². The van der Waals surface area contributed by atoms with E-state index in [1.807, 2.05) is 11.3 Å². The zero-order valence-electron chi connectivity index (χ0n) is 30.1. The van der Waals surface area contributed by atoms with Crippen molar-refractivity contribution < 1.29 is 0 Å². The van der Waals surface area contributed by atoms with Gasteiger partial charge in [-0.3, -0.25) is 0 Å². The first-order valence-electron chi connectivity index (χ1n) is 18.9. The summed E-state index contributed by atoms with van der Waals surface area (Å²) >= 11 is 1.95. The topological polar surface area (TPSA) is 3.24 Å². The lowest BCUT2D eigenvalue weighted by Gasteiger charge is -2.36. The minimum atomic E-state index is -0.520. The maximum absolute atomic E-state index is 2.54. The Bertz CT molecular complexity index is 3030. The highest BCUT2D eigenvalue weighted by Crippen LogP contribution is 2.67. The van der Waals surface area contributed by atoms with E-state index in [1.165, 1.54) is 98.3 Å². The zero-order valence-corrected chi connectivity index (χ0v) is 30.9. The highest BCUT2D eigenvalue weighted by Gasteiger charge is 2.54. The minimum absolute atomic E-state index is 0.115. The molecule has 0 fully saturated rings. The normalized spacial score (nSPS) is 16.6. The molecule has 0 bridgehead atoms. The van der Waals surface area contributed by atoms with Gasteiger partial charge < -0.3 is 4.90 Å². The summed E-state index contributed by atoms with van der Waals surface area (Å²) in [5.41, 5.74) is 19.1. The second kappa shape index (κ2) is 10.7. The average Bonchev–Trinajstić information content (AvgIpc) is 3.91. The van der Waals surface area contributed by atoms with Crippen LogP contribution in [0.25, 0.3) is 53.6 Å². The van der Waals surface area contributed by atoms with Crippen LogP contribution in [-0.4, -0.2) is 0 Å². The third-order valence-corrected chi connectivity index (χ3v) is 13.9. The average molecular weight is 706 g/mol. The van der Waals surface area contributed by atoms with E-state index in [2.05, 4.69) is 195 Å². The zero-order chi connectivity index (χ0) is 35.8. The Labute approximate surface area is 319 Å². The Morgan fingerprint density at radius 2 is 0.981 bits per heavy atom. The molecule has 1 atom stereocenters. The van der Waals surface area contributed by atoms with Crippen LogP contribution in [0.15, 0.2) is 176 Å². The molecule has 3 aliphatic carbocycles. The predicted molar refractivity (Wildman–Crippen MR) is 228 cm³/mol. The molecule has 54 heavy (non-hydrogen) atoms. The number of benzene rings is 8. The number of hydrogen-bond acceptors (Lipinski definition) is 2. The Balaban J connectivity index is 1.21. The summed E-state index contributed by atoms with van der Waals surface area (Å²) in [6.45, 7) is 4.76. The highest BCUT2D eigenvalue weighted by atomic mass is 32.1. The third kappa shape index (κ3) is 3.69. The Morgan fingerprint density at radius 1 is 0.407 bits per heavy atom. The fourth-order valence-corrected chi connectivity index (χ4v) is 11.8. The molecule has 8 aromatic carbocycles.